The molecule has 0 amide bonds. The van der Waals surface area contributed by atoms with Crippen LogP contribution in [0.3, 0.4) is 0 Å². The van der Waals surface area contributed by atoms with E-state index in [4.69, 9.17) is 0 Å². The highest BCUT2D eigenvalue weighted by molar-refractivity contribution is 9.10. The Hall–Kier alpha value is -1.76. The lowest BCUT2D eigenvalue weighted by molar-refractivity contribution is -0.137. The Labute approximate surface area is 126 Å². The number of benzene rings is 2. The Morgan fingerprint density at radius 2 is 1.76 bits per heavy atom. The van der Waals surface area contributed by atoms with E-state index in [2.05, 4.69) is 21.2 Å². The summed E-state index contributed by atoms with van der Waals surface area (Å²) in [7, 11) is 0. The van der Waals surface area contributed by atoms with Crippen molar-refractivity contribution in [3.05, 3.63) is 57.8 Å². The minimum Gasteiger partial charge on any atom is -0.508 e. The van der Waals surface area contributed by atoms with E-state index in [1.807, 2.05) is 0 Å². The van der Waals surface area contributed by atoms with Crippen LogP contribution < -0.4 is 5.32 Å². The Bertz CT molecular complexity index is 638. The summed E-state index contributed by atoms with van der Waals surface area (Å²) in [6.45, 7) is 0.0824. The van der Waals surface area contributed by atoms with Crippen molar-refractivity contribution in [2.75, 3.05) is 5.32 Å². The van der Waals surface area contributed by atoms with Crippen molar-refractivity contribution in [2.24, 2.45) is 0 Å². The van der Waals surface area contributed by atoms with Crippen LogP contribution in [0.4, 0.5) is 23.2 Å². The zero-order chi connectivity index (χ0) is 15.6. The van der Waals surface area contributed by atoms with Gasteiger partial charge in [0.15, 0.2) is 0 Å². The van der Waals surface area contributed by atoms with E-state index in [9.17, 15) is 22.7 Å². The minimum absolute atomic E-state index is 0.0824. The van der Waals surface area contributed by atoms with Crippen molar-refractivity contribution in [1.82, 2.24) is 0 Å². The van der Waals surface area contributed by atoms with E-state index in [1.165, 1.54) is 18.2 Å². The second kappa shape index (κ2) is 5.93. The molecule has 7 heteroatoms. The number of phenols is 1. The highest BCUT2D eigenvalue weighted by Crippen LogP contribution is 2.33. The molecular formula is C14H10BrF4NO. The minimum atomic E-state index is -4.45. The molecule has 0 atom stereocenters. The first-order valence-corrected chi connectivity index (χ1v) is 6.63. The molecule has 0 aliphatic carbocycles. The largest absolute Gasteiger partial charge is 0.508 e. The van der Waals surface area contributed by atoms with Crippen molar-refractivity contribution in [2.45, 2.75) is 12.7 Å². The number of hydrogen-bond donors (Lipinski definition) is 2. The highest BCUT2D eigenvalue weighted by atomic mass is 79.9. The maximum atomic E-state index is 13.1. The van der Waals surface area contributed by atoms with Crippen molar-refractivity contribution >= 4 is 21.6 Å². The molecule has 0 bridgehead atoms. The number of hydrogen-bond acceptors (Lipinski definition) is 2. The van der Waals surface area contributed by atoms with Crippen LogP contribution in [0.2, 0.25) is 0 Å². The molecule has 21 heavy (non-hydrogen) atoms. The van der Waals surface area contributed by atoms with Crippen LogP contribution in [0, 0.1) is 5.82 Å². The summed E-state index contributed by atoms with van der Waals surface area (Å²) in [5, 5.41) is 12.0. The van der Waals surface area contributed by atoms with Crippen molar-refractivity contribution in [1.29, 1.82) is 0 Å². The Balaban J connectivity index is 2.18. The van der Waals surface area contributed by atoms with Gasteiger partial charge in [0.2, 0.25) is 0 Å². The van der Waals surface area contributed by atoms with Crippen LogP contribution in [0.5, 0.6) is 5.75 Å². The van der Waals surface area contributed by atoms with Crippen LogP contribution >= 0.6 is 15.9 Å². The molecule has 2 nitrogen and oxygen atoms in total. The molecule has 0 fully saturated rings. The van der Waals surface area contributed by atoms with Gasteiger partial charge in [0, 0.05) is 22.8 Å². The lowest BCUT2D eigenvalue weighted by atomic mass is 10.1. The summed E-state index contributed by atoms with van der Waals surface area (Å²) in [5.74, 6) is -0.853. The van der Waals surface area contributed by atoms with Crippen LogP contribution in [-0.4, -0.2) is 5.11 Å². The fourth-order valence-corrected chi connectivity index (χ4v) is 2.29. The van der Waals surface area contributed by atoms with Crippen LogP contribution in [-0.2, 0) is 12.7 Å². The van der Waals surface area contributed by atoms with Gasteiger partial charge >= 0.3 is 6.18 Å². The normalized spacial score (nSPS) is 11.5. The van der Waals surface area contributed by atoms with E-state index < -0.39 is 17.6 Å². The molecule has 2 aromatic rings. The summed E-state index contributed by atoms with van der Waals surface area (Å²) in [6.07, 6.45) is -4.45. The molecule has 0 heterocycles. The molecular weight excluding hydrogens is 354 g/mol. The van der Waals surface area contributed by atoms with E-state index in [1.54, 1.807) is 0 Å². The molecule has 0 aliphatic heterocycles. The molecule has 0 unspecified atom stereocenters. The van der Waals surface area contributed by atoms with Crippen molar-refractivity contribution < 1.29 is 22.7 Å². The van der Waals surface area contributed by atoms with Crippen LogP contribution in [0.1, 0.15) is 11.1 Å². The number of phenolic OH excluding ortho intramolecular Hbond substituents is 1. The van der Waals surface area contributed by atoms with Gasteiger partial charge in [0.25, 0.3) is 0 Å². The average molecular weight is 364 g/mol. The fraction of sp³-hybridized carbons (Fsp3) is 0.143. The maximum absolute atomic E-state index is 13.1. The topological polar surface area (TPSA) is 32.3 Å². The van der Waals surface area contributed by atoms with Crippen LogP contribution in [0.25, 0.3) is 0 Å². The third-order valence-corrected chi connectivity index (χ3v) is 3.12. The first-order chi connectivity index (χ1) is 9.74. The Morgan fingerprint density at radius 1 is 1.05 bits per heavy atom. The number of nitrogens with one attached hydrogen (secondary N) is 1. The van der Waals surface area contributed by atoms with E-state index >= 15 is 0 Å². The number of anilines is 1. The van der Waals surface area contributed by atoms with Crippen LogP contribution in [0.15, 0.2) is 40.9 Å². The lowest BCUT2D eigenvalue weighted by Gasteiger charge is -2.12. The molecule has 2 rings (SSSR count). The van der Waals surface area contributed by atoms with Gasteiger partial charge < -0.3 is 10.4 Å². The van der Waals surface area contributed by atoms with Gasteiger partial charge in [-0.05, 0) is 35.9 Å². The predicted molar refractivity (Wildman–Crippen MR) is 74.5 cm³/mol. The van der Waals surface area contributed by atoms with Crippen molar-refractivity contribution in [3.8, 4) is 5.75 Å². The summed E-state index contributed by atoms with van der Waals surface area (Å²) >= 11 is 3.01. The summed E-state index contributed by atoms with van der Waals surface area (Å²) in [6, 6.07) is 6.88. The zero-order valence-electron chi connectivity index (χ0n) is 10.5. The molecule has 2 N–H and O–H groups in total. The summed E-state index contributed by atoms with van der Waals surface area (Å²) in [5.41, 5.74) is -0.136. The molecule has 0 radical (unpaired) electrons. The molecule has 0 spiro atoms. The average Bonchev–Trinajstić information content (AvgIpc) is 2.33. The van der Waals surface area contributed by atoms with Gasteiger partial charge in [-0.15, -0.1) is 0 Å². The lowest BCUT2D eigenvalue weighted by Crippen LogP contribution is -2.07. The first-order valence-electron chi connectivity index (χ1n) is 5.84. The van der Waals surface area contributed by atoms with Gasteiger partial charge in [-0.1, -0.05) is 15.9 Å². The second-order valence-electron chi connectivity index (χ2n) is 4.40. The SMILES string of the molecule is Oc1cc(F)cc(CNc2cc(Br)cc(C(F)(F)F)c2)c1. The van der Waals surface area contributed by atoms with Gasteiger partial charge in [-0.3, -0.25) is 0 Å². The van der Waals surface area contributed by atoms with Gasteiger partial charge in [-0.25, -0.2) is 4.39 Å². The van der Waals surface area contributed by atoms with E-state index in [0.717, 1.165) is 18.2 Å². The molecule has 0 aromatic heterocycles. The number of aromatic hydroxyl groups is 1. The number of rotatable bonds is 3. The summed E-state index contributed by atoms with van der Waals surface area (Å²) < 4.78 is 51.4. The summed E-state index contributed by atoms with van der Waals surface area (Å²) in [4.78, 5) is 0. The predicted octanol–water partition coefficient (Wildman–Crippen LogP) is 4.92. The van der Waals surface area contributed by atoms with Gasteiger partial charge in [-0.2, -0.15) is 13.2 Å². The monoisotopic (exact) mass is 363 g/mol. The first kappa shape index (κ1) is 15.6. The fourth-order valence-electron chi connectivity index (χ4n) is 1.79. The third-order valence-electron chi connectivity index (χ3n) is 2.66. The van der Waals surface area contributed by atoms with Crippen molar-refractivity contribution in [3.63, 3.8) is 0 Å². The maximum Gasteiger partial charge on any atom is 0.416 e. The Kier molecular flexibility index (Phi) is 4.41. The molecule has 112 valence electrons. The highest BCUT2D eigenvalue weighted by Gasteiger charge is 2.31. The molecule has 0 saturated heterocycles. The quantitative estimate of drug-likeness (QED) is 0.758. The van der Waals surface area contributed by atoms with E-state index in [0.29, 0.717) is 5.56 Å². The zero-order valence-corrected chi connectivity index (χ0v) is 12.1. The molecule has 0 saturated carbocycles. The van der Waals surface area contributed by atoms with Gasteiger partial charge in [0.1, 0.15) is 11.6 Å². The third kappa shape index (κ3) is 4.35. The second-order valence-corrected chi connectivity index (χ2v) is 5.31. The number of alkyl halides is 3. The smallest absolute Gasteiger partial charge is 0.416 e. The molecule has 2 aromatic carbocycles. The van der Waals surface area contributed by atoms with E-state index in [-0.39, 0.29) is 22.5 Å². The molecule has 0 aliphatic rings. The number of halogens is 5. The Morgan fingerprint density at radius 3 is 2.38 bits per heavy atom. The standard InChI is InChI=1S/C14H10BrF4NO/c15-10-3-9(14(17,18)19)4-12(5-10)20-7-8-1-11(16)6-13(21)2-8/h1-6,20-21H,7H2. The van der Waals surface area contributed by atoms with Gasteiger partial charge in [0.05, 0.1) is 5.56 Å².